The van der Waals surface area contributed by atoms with Crippen LogP contribution in [0.3, 0.4) is 0 Å². The Hall–Kier alpha value is 0.0900. The van der Waals surface area contributed by atoms with Crippen LogP contribution < -0.4 is 5.73 Å². The smallest absolute Gasteiger partial charge is 0.0667 e. The fourth-order valence-electron chi connectivity index (χ4n) is 1.76. The van der Waals surface area contributed by atoms with Gasteiger partial charge in [0, 0.05) is 17.8 Å². The van der Waals surface area contributed by atoms with Crippen LogP contribution in [0.15, 0.2) is 28.7 Å². The summed E-state index contributed by atoms with van der Waals surface area (Å²) in [4.78, 5) is 2.48. The maximum Gasteiger partial charge on any atom is 0.0667 e. The van der Waals surface area contributed by atoms with Crippen LogP contribution in [0, 0.1) is 17.4 Å². The molecule has 0 saturated carbocycles. The third kappa shape index (κ3) is 2.75. The van der Waals surface area contributed by atoms with E-state index in [0.29, 0.717) is 0 Å². The molecule has 0 aliphatic carbocycles. The number of rotatable bonds is 2. The minimum absolute atomic E-state index is 0.0464. The lowest BCUT2D eigenvalue weighted by Gasteiger charge is -2.14. The molecule has 1 aromatic heterocycles. The van der Waals surface area contributed by atoms with Crippen LogP contribution in [-0.2, 0) is 0 Å². The van der Waals surface area contributed by atoms with Crippen LogP contribution in [0.2, 0.25) is 0 Å². The van der Waals surface area contributed by atoms with Crippen molar-refractivity contribution in [2.24, 2.45) is 5.73 Å². The molecule has 2 rings (SSSR count). The molecule has 0 aliphatic heterocycles. The maximum atomic E-state index is 6.38. The van der Waals surface area contributed by atoms with Gasteiger partial charge in [-0.15, -0.1) is 11.3 Å². The zero-order valence-electron chi connectivity index (χ0n) is 9.63. The molecule has 1 aromatic carbocycles. The van der Waals surface area contributed by atoms with E-state index in [1.54, 1.807) is 11.3 Å². The molecule has 0 saturated heterocycles. The monoisotopic (exact) mass is 421 g/mol. The first-order valence-corrected chi connectivity index (χ1v) is 7.96. The van der Waals surface area contributed by atoms with Gasteiger partial charge in [-0.05, 0) is 69.6 Å². The highest BCUT2D eigenvalue weighted by atomic mass is 127. The van der Waals surface area contributed by atoms with Gasteiger partial charge in [0.2, 0.25) is 0 Å². The van der Waals surface area contributed by atoms with Crippen molar-refractivity contribution in [2.75, 3.05) is 0 Å². The van der Waals surface area contributed by atoms with E-state index in [4.69, 9.17) is 5.73 Å². The molecule has 1 atom stereocenters. The molecule has 0 amide bonds. The molecule has 1 heterocycles. The zero-order chi connectivity index (χ0) is 12.6. The van der Waals surface area contributed by atoms with Crippen molar-refractivity contribution >= 4 is 49.9 Å². The number of benzene rings is 1. The predicted octanol–water partition coefficient (Wildman–Crippen LogP) is 4.78. The van der Waals surface area contributed by atoms with E-state index in [1.807, 2.05) is 0 Å². The van der Waals surface area contributed by atoms with E-state index in [0.717, 1.165) is 4.47 Å². The third-order valence-electron chi connectivity index (χ3n) is 2.68. The van der Waals surface area contributed by atoms with Gasteiger partial charge in [-0.2, -0.15) is 0 Å². The molecular weight excluding hydrogens is 409 g/mol. The van der Waals surface area contributed by atoms with E-state index in [2.05, 4.69) is 76.6 Å². The van der Waals surface area contributed by atoms with Gasteiger partial charge in [-0.3, -0.25) is 0 Å². The summed E-state index contributed by atoms with van der Waals surface area (Å²) < 4.78 is 2.38. The van der Waals surface area contributed by atoms with Crippen molar-refractivity contribution in [3.8, 4) is 0 Å². The highest BCUT2D eigenvalue weighted by Gasteiger charge is 2.17. The van der Waals surface area contributed by atoms with E-state index >= 15 is 0 Å². The van der Waals surface area contributed by atoms with Gasteiger partial charge in [0.15, 0.2) is 0 Å². The van der Waals surface area contributed by atoms with E-state index in [9.17, 15) is 0 Å². The molecule has 17 heavy (non-hydrogen) atoms. The highest BCUT2D eigenvalue weighted by molar-refractivity contribution is 14.1. The van der Waals surface area contributed by atoms with E-state index in [1.165, 1.54) is 24.5 Å². The summed E-state index contributed by atoms with van der Waals surface area (Å²) in [5.74, 6) is 0. The van der Waals surface area contributed by atoms with Gasteiger partial charge in [0.1, 0.15) is 0 Å². The van der Waals surface area contributed by atoms with Crippen LogP contribution in [0.1, 0.15) is 26.9 Å². The van der Waals surface area contributed by atoms with Crippen molar-refractivity contribution < 1.29 is 0 Å². The minimum Gasteiger partial charge on any atom is -0.320 e. The fraction of sp³-hybridized carbons (Fsp3) is 0.231. The molecule has 0 bridgehead atoms. The molecule has 2 N–H and O–H groups in total. The highest BCUT2D eigenvalue weighted by Crippen LogP contribution is 2.36. The summed E-state index contributed by atoms with van der Waals surface area (Å²) in [6.07, 6.45) is 0. The standard InChI is InChI=1S/C13H13BrINS/c1-7-4-3-5-9(11(7)15)12(16)13-10(14)6-8(2)17-13/h3-6,12H,16H2,1-2H3. The number of thiophene rings is 1. The lowest BCUT2D eigenvalue weighted by atomic mass is 10.0. The van der Waals surface area contributed by atoms with Gasteiger partial charge in [-0.25, -0.2) is 0 Å². The Bertz CT molecular complexity index is 550. The average molecular weight is 422 g/mol. The first-order valence-electron chi connectivity index (χ1n) is 5.27. The quantitative estimate of drug-likeness (QED) is 0.693. The van der Waals surface area contributed by atoms with Gasteiger partial charge < -0.3 is 5.73 Å². The Balaban J connectivity index is 2.47. The third-order valence-corrected chi connectivity index (χ3v) is 6.20. The molecule has 90 valence electrons. The van der Waals surface area contributed by atoms with Gasteiger partial charge >= 0.3 is 0 Å². The Kier molecular flexibility index (Phi) is 4.28. The summed E-state index contributed by atoms with van der Waals surface area (Å²) >= 11 is 7.72. The normalized spacial score (nSPS) is 12.8. The SMILES string of the molecule is Cc1cc(Br)c(C(N)c2cccc(C)c2I)s1. The minimum atomic E-state index is -0.0464. The van der Waals surface area contributed by atoms with Gasteiger partial charge in [-0.1, -0.05) is 18.2 Å². The topological polar surface area (TPSA) is 26.0 Å². The van der Waals surface area contributed by atoms with Crippen molar-refractivity contribution in [1.29, 1.82) is 0 Å². The molecule has 0 aliphatic rings. The van der Waals surface area contributed by atoms with Crippen molar-refractivity contribution in [3.05, 3.63) is 53.2 Å². The summed E-state index contributed by atoms with van der Waals surface area (Å²) in [7, 11) is 0. The Morgan fingerprint density at radius 1 is 1.35 bits per heavy atom. The lowest BCUT2D eigenvalue weighted by molar-refractivity contribution is 0.879. The predicted molar refractivity (Wildman–Crippen MR) is 86.7 cm³/mol. The summed E-state index contributed by atoms with van der Waals surface area (Å²) in [5.41, 5.74) is 8.86. The number of halogens is 2. The molecule has 1 nitrogen and oxygen atoms in total. The molecule has 4 heteroatoms. The Morgan fingerprint density at radius 3 is 2.65 bits per heavy atom. The number of hydrogen-bond donors (Lipinski definition) is 1. The van der Waals surface area contributed by atoms with Gasteiger partial charge in [0.05, 0.1) is 6.04 Å². The van der Waals surface area contributed by atoms with Crippen LogP contribution in [0.25, 0.3) is 0 Å². The van der Waals surface area contributed by atoms with Crippen LogP contribution in [-0.4, -0.2) is 0 Å². The second kappa shape index (κ2) is 5.38. The zero-order valence-corrected chi connectivity index (χ0v) is 14.2. The number of aryl methyl sites for hydroxylation is 2. The molecule has 0 spiro atoms. The Labute approximate surface area is 128 Å². The van der Waals surface area contributed by atoms with Crippen molar-refractivity contribution in [1.82, 2.24) is 0 Å². The average Bonchev–Trinajstić information content (AvgIpc) is 2.61. The van der Waals surface area contributed by atoms with E-state index in [-0.39, 0.29) is 6.04 Å². The number of nitrogens with two attached hydrogens (primary N) is 1. The number of hydrogen-bond acceptors (Lipinski definition) is 2. The first kappa shape index (κ1) is 13.5. The second-order valence-electron chi connectivity index (χ2n) is 4.03. The maximum absolute atomic E-state index is 6.38. The van der Waals surface area contributed by atoms with Crippen LogP contribution in [0.5, 0.6) is 0 Å². The molecule has 1 unspecified atom stereocenters. The molecule has 0 fully saturated rings. The van der Waals surface area contributed by atoms with Crippen molar-refractivity contribution in [3.63, 3.8) is 0 Å². The second-order valence-corrected chi connectivity index (χ2v) is 7.25. The van der Waals surface area contributed by atoms with Crippen LogP contribution >= 0.6 is 49.9 Å². The molecule has 2 aromatic rings. The fourth-order valence-corrected chi connectivity index (χ4v) is 4.38. The van der Waals surface area contributed by atoms with Crippen molar-refractivity contribution in [2.45, 2.75) is 19.9 Å². The van der Waals surface area contributed by atoms with Gasteiger partial charge in [0.25, 0.3) is 0 Å². The summed E-state index contributed by atoms with van der Waals surface area (Å²) in [6.45, 7) is 4.22. The largest absolute Gasteiger partial charge is 0.320 e. The summed E-state index contributed by atoms with van der Waals surface area (Å²) in [6, 6.07) is 8.38. The lowest BCUT2D eigenvalue weighted by Crippen LogP contribution is -2.12. The van der Waals surface area contributed by atoms with Crippen LogP contribution in [0.4, 0.5) is 0 Å². The summed E-state index contributed by atoms with van der Waals surface area (Å²) in [5, 5.41) is 0. The molecular formula is C13H13BrINS. The Morgan fingerprint density at radius 2 is 2.06 bits per heavy atom. The van der Waals surface area contributed by atoms with E-state index < -0.39 is 0 Å². The molecule has 0 radical (unpaired) electrons. The first-order chi connectivity index (χ1) is 8.00.